The van der Waals surface area contributed by atoms with Gasteiger partial charge in [-0.25, -0.2) is 4.79 Å². The Hall–Kier alpha value is -1.31. The molecule has 0 bridgehead atoms. The van der Waals surface area contributed by atoms with Crippen molar-refractivity contribution in [1.29, 1.82) is 0 Å². The summed E-state index contributed by atoms with van der Waals surface area (Å²) in [7, 11) is 1.76. The van der Waals surface area contributed by atoms with E-state index in [4.69, 9.17) is 16.7 Å². The lowest BCUT2D eigenvalue weighted by atomic mass is 10.3. The van der Waals surface area contributed by atoms with Gasteiger partial charge in [0.15, 0.2) is 0 Å². The largest absolute Gasteiger partial charge is 0.480 e. The maximum absolute atomic E-state index is 12.3. The molecule has 1 aromatic rings. The normalized spacial score (nSPS) is 16.0. The van der Waals surface area contributed by atoms with Gasteiger partial charge in [0.05, 0.1) is 17.4 Å². The summed E-state index contributed by atoms with van der Waals surface area (Å²) >= 11 is 7.35. The zero-order valence-corrected chi connectivity index (χ0v) is 13.4. The van der Waals surface area contributed by atoms with Gasteiger partial charge < -0.3 is 14.9 Å². The predicted octanol–water partition coefficient (Wildman–Crippen LogP) is 1.66. The molecule has 2 amide bonds. The molecule has 1 aromatic heterocycles. The monoisotopic (exact) mass is 331 g/mol. The first kappa shape index (κ1) is 16.1. The number of aliphatic carboxylic acids is 1. The third kappa shape index (κ3) is 4.59. The van der Waals surface area contributed by atoms with Crippen LogP contribution in [-0.4, -0.2) is 71.6 Å². The van der Waals surface area contributed by atoms with Crippen LogP contribution in [0, 0.1) is 0 Å². The van der Waals surface area contributed by atoms with E-state index in [-0.39, 0.29) is 12.6 Å². The molecular formula is C13H18ClN3O3S. The second-order valence-electron chi connectivity index (χ2n) is 5.00. The molecule has 0 unspecified atom stereocenters. The first-order valence-electron chi connectivity index (χ1n) is 6.64. The first-order chi connectivity index (χ1) is 9.95. The molecule has 6 nitrogen and oxygen atoms in total. The number of thiophene rings is 1. The van der Waals surface area contributed by atoms with Crippen molar-refractivity contribution in [1.82, 2.24) is 14.7 Å². The van der Waals surface area contributed by atoms with Gasteiger partial charge in [-0.3, -0.25) is 9.69 Å². The molecule has 1 aliphatic heterocycles. The van der Waals surface area contributed by atoms with Crippen molar-refractivity contribution in [3.8, 4) is 0 Å². The fourth-order valence-electron chi connectivity index (χ4n) is 2.27. The minimum Gasteiger partial charge on any atom is -0.480 e. The predicted molar refractivity (Wildman–Crippen MR) is 81.8 cm³/mol. The zero-order valence-electron chi connectivity index (χ0n) is 11.8. The molecule has 21 heavy (non-hydrogen) atoms. The molecule has 1 aliphatic rings. The smallest absolute Gasteiger partial charge is 0.320 e. The zero-order chi connectivity index (χ0) is 15.4. The van der Waals surface area contributed by atoms with Crippen molar-refractivity contribution in [2.24, 2.45) is 0 Å². The van der Waals surface area contributed by atoms with Gasteiger partial charge in [0, 0.05) is 38.1 Å². The molecule has 0 spiro atoms. The number of nitrogens with zero attached hydrogens (tertiary/aromatic N) is 3. The first-order valence-corrected chi connectivity index (χ1v) is 7.83. The highest BCUT2D eigenvalue weighted by atomic mass is 35.5. The quantitative estimate of drug-likeness (QED) is 0.911. The second kappa shape index (κ2) is 7.11. The lowest BCUT2D eigenvalue weighted by Gasteiger charge is -2.35. The fourth-order valence-corrected chi connectivity index (χ4v) is 3.41. The molecule has 2 heterocycles. The number of halogens is 1. The maximum Gasteiger partial charge on any atom is 0.320 e. The van der Waals surface area contributed by atoms with Crippen molar-refractivity contribution >= 4 is 34.9 Å². The number of piperazine rings is 1. The summed E-state index contributed by atoms with van der Waals surface area (Å²) in [5.41, 5.74) is 0. The van der Waals surface area contributed by atoms with Gasteiger partial charge in [-0.15, -0.1) is 11.3 Å². The van der Waals surface area contributed by atoms with Crippen LogP contribution in [0.2, 0.25) is 4.34 Å². The van der Waals surface area contributed by atoms with Crippen LogP contribution in [0.15, 0.2) is 12.1 Å². The minimum atomic E-state index is -0.832. The van der Waals surface area contributed by atoms with Crippen LogP contribution in [-0.2, 0) is 11.3 Å². The van der Waals surface area contributed by atoms with E-state index in [1.807, 2.05) is 17.0 Å². The molecule has 0 radical (unpaired) electrons. The average Bonchev–Trinajstić information content (AvgIpc) is 2.83. The van der Waals surface area contributed by atoms with Gasteiger partial charge in [-0.05, 0) is 12.1 Å². The Morgan fingerprint density at radius 1 is 1.33 bits per heavy atom. The number of carbonyl (C=O) groups is 2. The minimum absolute atomic E-state index is 0.0329. The van der Waals surface area contributed by atoms with Crippen LogP contribution >= 0.6 is 22.9 Å². The number of carboxylic acid groups (broad SMARTS) is 1. The standard InChI is InChI=1S/C13H18ClN3O3S/c1-15(8-10-2-3-11(14)21-10)13(20)17-6-4-16(5-7-17)9-12(18)19/h2-3H,4-9H2,1H3,(H,18,19). The Bertz CT molecular complexity index is 515. The molecule has 1 saturated heterocycles. The Balaban J connectivity index is 1.82. The number of carboxylic acids is 1. The number of hydrogen-bond donors (Lipinski definition) is 1. The summed E-state index contributed by atoms with van der Waals surface area (Å²) in [4.78, 5) is 29.3. The number of amides is 2. The average molecular weight is 332 g/mol. The SMILES string of the molecule is CN(Cc1ccc(Cl)s1)C(=O)N1CCN(CC(=O)O)CC1. The fraction of sp³-hybridized carbons (Fsp3) is 0.538. The molecule has 0 saturated carbocycles. The maximum atomic E-state index is 12.3. The van der Waals surface area contributed by atoms with Gasteiger partial charge in [0.2, 0.25) is 0 Å². The molecule has 0 aliphatic carbocycles. The van der Waals surface area contributed by atoms with Crippen LogP contribution in [0.25, 0.3) is 0 Å². The van der Waals surface area contributed by atoms with Gasteiger partial charge >= 0.3 is 12.0 Å². The van der Waals surface area contributed by atoms with Gasteiger partial charge in [0.25, 0.3) is 0 Å². The Morgan fingerprint density at radius 2 is 2.00 bits per heavy atom. The summed E-state index contributed by atoms with van der Waals surface area (Å²) in [5.74, 6) is -0.832. The number of rotatable bonds is 4. The summed E-state index contributed by atoms with van der Waals surface area (Å²) in [6.07, 6.45) is 0. The molecule has 2 rings (SSSR count). The molecule has 1 N–H and O–H groups in total. The Kier molecular flexibility index (Phi) is 5.44. The highest BCUT2D eigenvalue weighted by molar-refractivity contribution is 7.16. The van der Waals surface area contributed by atoms with Crippen molar-refractivity contribution in [3.63, 3.8) is 0 Å². The lowest BCUT2D eigenvalue weighted by molar-refractivity contribution is -0.138. The van der Waals surface area contributed by atoms with Crippen LogP contribution in [0.1, 0.15) is 4.88 Å². The van der Waals surface area contributed by atoms with E-state index in [1.54, 1.807) is 16.8 Å². The van der Waals surface area contributed by atoms with Crippen LogP contribution in [0.4, 0.5) is 4.79 Å². The van der Waals surface area contributed by atoms with E-state index < -0.39 is 5.97 Å². The summed E-state index contributed by atoms with van der Waals surface area (Å²) in [6, 6.07) is 3.71. The van der Waals surface area contributed by atoms with Crippen molar-refractivity contribution in [2.45, 2.75) is 6.54 Å². The summed E-state index contributed by atoms with van der Waals surface area (Å²) in [5, 5.41) is 8.76. The summed E-state index contributed by atoms with van der Waals surface area (Å²) < 4.78 is 0.716. The van der Waals surface area contributed by atoms with Crippen LogP contribution < -0.4 is 0 Å². The lowest BCUT2D eigenvalue weighted by Crippen LogP contribution is -2.52. The van der Waals surface area contributed by atoms with E-state index in [0.29, 0.717) is 37.1 Å². The topological polar surface area (TPSA) is 64.1 Å². The van der Waals surface area contributed by atoms with E-state index in [0.717, 1.165) is 4.88 Å². The molecule has 0 aromatic carbocycles. The van der Waals surface area contributed by atoms with Gasteiger partial charge in [-0.2, -0.15) is 0 Å². The van der Waals surface area contributed by atoms with Gasteiger partial charge in [-0.1, -0.05) is 11.6 Å². The molecule has 116 valence electrons. The molecular weight excluding hydrogens is 314 g/mol. The highest BCUT2D eigenvalue weighted by Gasteiger charge is 2.24. The van der Waals surface area contributed by atoms with E-state index in [9.17, 15) is 9.59 Å². The third-order valence-electron chi connectivity index (χ3n) is 3.35. The molecule has 0 atom stereocenters. The van der Waals surface area contributed by atoms with Gasteiger partial charge in [0.1, 0.15) is 0 Å². The van der Waals surface area contributed by atoms with Crippen LogP contribution in [0.3, 0.4) is 0 Å². The van der Waals surface area contributed by atoms with Crippen LogP contribution in [0.5, 0.6) is 0 Å². The van der Waals surface area contributed by atoms with Crippen molar-refractivity contribution in [3.05, 3.63) is 21.3 Å². The third-order valence-corrected chi connectivity index (χ3v) is 4.57. The van der Waals surface area contributed by atoms with E-state index >= 15 is 0 Å². The van der Waals surface area contributed by atoms with Crippen molar-refractivity contribution in [2.75, 3.05) is 39.8 Å². The molecule has 1 fully saturated rings. The second-order valence-corrected chi connectivity index (χ2v) is 6.80. The number of carbonyl (C=O) groups excluding carboxylic acids is 1. The number of urea groups is 1. The summed E-state index contributed by atoms with van der Waals surface area (Å²) in [6.45, 7) is 2.87. The number of hydrogen-bond acceptors (Lipinski definition) is 4. The molecule has 8 heteroatoms. The van der Waals surface area contributed by atoms with E-state index in [1.165, 1.54) is 11.3 Å². The Labute approximate surface area is 132 Å². The van der Waals surface area contributed by atoms with E-state index in [2.05, 4.69) is 0 Å². The Morgan fingerprint density at radius 3 is 2.52 bits per heavy atom. The van der Waals surface area contributed by atoms with Crippen molar-refractivity contribution < 1.29 is 14.7 Å². The highest BCUT2D eigenvalue weighted by Crippen LogP contribution is 2.22.